The Morgan fingerprint density at radius 3 is 2.71 bits per heavy atom. The zero-order chi connectivity index (χ0) is 21.7. The standard InChI is InChI=1S/C24H27N5O2/c1-15-9-10-20-18(13-15)19-14-27(3)12-11-21(19)28(20)24(31)22-25-16(2)23(30)29(26-22)17-7-5-4-6-8-17/h4-10,13,16,19,21H,11-12,14H2,1-3H3,(H,25,26)/t16?,19-,21-/m1/s1. The molecule has 3 atom stereocenters. The van der Waals surface area contributed by atoms with Gasteiger partial charge in [0.15, 0.2) is 0 Å². The van der Waals surface area contributed by atoms with Crippen molar-refractivity contribution in [3.05, 3.63) is 59.7 Å². The van der Waals surface area contributed by atoms with E-state index in [4.69, 9.17) is 0 Å². The first kappa shape index (κ1) is 19.8. The van der Waals surface area contributed by atoms with Gasteiger partial charge in [-0.2, -0.15) is 0 Å². The minimum absolute atomic E-state index is 0.100. The number of amides is 2. The van der Waals surface area contributed by atoms with Crippen LogP contribution in [0.5, 0.6) is 0 Å². The summed E-state index contributed by atoms with van der Waals surface area (Å²) in [4.78, 5) is 35.2. The summed E-state index contributed by atoms with van der Waals surface area (Å²) in [5.41, 5.74) is 7.08. The van der Waals surface area contributed by atoms with E-state index >= 15 is 0 Å². The van der Waals surface area contributed by atoms with E-state index in [1.165, 1.54) is 16.1 Å². The normalized spacial score (nSPS) is 25.6. The number of aliphatic imine (C=N–C) groups is 1. The van der Waals surface area contributed by atoms with E-state index in [9.17, 15) is 9.59 Å². The number of likely N-dealkylation sites (N-methyl/N-ethyl adjacent to an activating group) is 1. The van der Waals surface area contributed by atoms with E-state index in [1.54, 1.807) is 6.92 Å². The molecule has 3 aliphatic heterocycles. The number of hydrogen-bond donors (Lipinski definition) is 1. The molecule has 1 fully saturated rings. The highest BCUT2D eigenvalue weighted by Crippen LogP contribution is 2.45. The second-order valence-electron chi connectivity index (χ2n) is 8.74. The van der Waals surface area contributed by atoms with Crippen molar-refractivity contribution >= 4 is 29.0 Å². The lowest BCUT2D eigenvalue weighted by Crippen LogP contribution is -2.60. The molecule has 0 bridgehead atoms. The van der Waals surface area contributed by atoms with Crippen molar-refractivity contribution < 1.29 is 9.59 Å². The van der Waals surface area contributed by atoms with Crippen molar-refractivity contribution in [1.82, 2.24) is 10.3 Å². The Balaban J connectivity index is 1.51. The molecule has 5 rings (SSSR count). The van der Waals surface area contributed by atoms with Crippen molar-refractivity contribution in [2.45, 2.75) is 38.3 Å². The second-order valence-corrected chi connectivity index (χ2v) is 8.74. The molecule has 7 heteroatoms. The van der Waals surface area contributed by atoms with Gasteiger partial charge in [-0.15, -0.1) is 0 Å². The van der Waals surface area contributed by atoms with E-state index in [2.05, 4.69) is 41.4 Å². The summed E-state index contributed by atoms with van der Waals surface area (Å²) in [7, 11) is 2.13. The van der Waals surface area contributed by atoms with Gasteiger partial charge in [0.25, 0.3) is 11.8 Å². The summed E-state index contributed by atoms with van der Waals surface area (Å²) in [5.74, 6) is 0.132. The number of hydrogen-bond acceptors (Lipinski definition) is 5. The number of carbonyl (C=O) groups excluding carboxylic acids is 2. The van der Waals surface area contributed by atoms with Crippen LogP contribution in [0.4, 0.5) is 11.4 Å². The first-order valence-corrected chi connectivity index (χ1v) is 10.8. The van der Waals surface area contributed by atoms with Crippen LogP contribution in [0, 0.1) is 6.92 Å². The molecule has 1 N–H and O–H groups in total. The largest absolute Gasteiger partial charge is 0.306 e. The maximum absolute atomic E-state index is 13.8. The van der Waals surface area contributed by atoms with Crippen LogP contribution in [-0.4, -0.2) is 54.8 Å². The predicted octanol–water partition coefficient (Wildman–Crippen LogP) is 2.47. The average molecular weight is 418 g/mol. The first-order chi connectivity index (χ1) is 14.9. The number of piperidine rings is 1. The van der Waals surface area contributed by atoms with E-state index in [0.717, 1.165) is 25.2 Å². The Hall–Kier alpha value is -3.19. The molecule has 1 unspecified atom stereocenters. The van der Waals surface area contributed by atoms with Gasteiger partial charge in [0.1, 0.15) is 6.04 Å². The molecule has 2 aromatic carbocycles. The summed E-state index contributed by atoms with van der Waals surface area (Å²) in [6.07, 6.45) is 0.908. The van der Waals surface area contributed by atoms with Gasteiger partial charge in [0.05, 0.1) is 5.69 Å². The van der Waals surface area contributed by atoms with Gasteiger partial charge >= 0.3 is 0 Å². The smallest absolute Gasteiger partial charge is 0.295 e. The molecule has 0 spiro atoms. The predicted molar refractivity (Wildman–Crippen MR) is 121 cm³/mol. The lowest BCUT2D eigenvalue weighted by atomic mass is 9.89. The Bertz CT molecular complexity index is 1070. The summed E-state index contributed by atoms with van der Waals surface area (Å²) < 4.78 is 0. The quantitative estimate of drug-likeness (QED) is 0.815. The molecule has 2 aromatic rings. The van der Waals surface area contributed by atoms with Gasteiger partial charge in [0, 0.05) is 24.2 Å². The SMILES string of the molecule is Cc1ccc2c(c1)[C@H]1CN(C)CC[C@H]1N2C(=O)C1=NC(C)C(=O)N(c2ccccc2)N1. The molecule has 31 heavy (non-hydrogen) atoms. The summed E-state index contributed by atoms with van der Waals surface area (Å²) in [5, 5.41) is 1.43. The number of anilines is 2. The lowest BCUT2D eigenvalue weighted by molar-refractivity contribution is -0.120. The van der Waals surface area contributed by atoms with Gasteiger partial charge < -0.3 is 9.80 Å². The molecule has 0 aliphatic carbocycles. The number of hydrazine groups is 1. The maximum atomic E-state index is 13.8. The molecule has 0 radical (unpaired) electrons. The van der Waals surface area contributed by atoms with Gasteiger partial charge in [-0.3, -0.25) is 15.0 Å². The fourth-order valence-corrected chi connectivity index (χ4v) is 4.96. The molecule has 3 aliphatic rings. The zero-order valence-corrected chi connectivity index (χ0v) is 18.1. The Labute approximate surface area is 182 Å². The summed E-state index contributed by atoms with van der Waals surface area (Å²) in [6, 6.07) is 15.1. The Kier molecular flexibility index (Phi) is 4.78. The molecular weight excluding hydrogens is 390 g/mol. The highest BCUT2D eigenvalue weighted by molar-refractivity contribution is 6.44. The molecule has 0 aromatic heterocycles. The number of likely N-dealkylation sites (tertiary alicyclic amines) is 1. The van der Waals surface area contributed by atoms with Crippen LogP contribution in [0.25, 0.3) is 0 Å². The van der Waals surface area contributed by atoms with Gasteiger partial charge in [0.2, 0.25) is 5.84 Å². The number of nitrogens with one attached hydrogen (secondary N) is 1. The highest BCUT2D eigenvalue weighted by Gasteiger charge is 2.46. The number of carbonyl (C=O) groups is 2. The lowest BCUT2D eigenvalue weighted by Gasteiger charge is -2.37. The molecule has 1 saturated heterocycles. The maximum Gasteiger partial charge on any atom is 0.295 e. The topological polar surface area (TPSA) is 68.2 Å². The van der Waals surface area contributed by atoms with Crippen LogP contribution >= 0.6 is 0 Å². The number of aryl methyl sites for hydroxylation is 1. The third-order valence-corrected chi connectivity index (χ3v) is 6.51. The van der Waals surface area contributed by atoms with Crippen LogP contribution in [0.1, 0.15) is 30.4 Å². The molecule has 160 valence electrons. The molecular formula is C24H27N5O2. The van der Waals surface area contributed by atoms with E-state index < -0.39 is 6.04 Å². The zero-order valence-electron chi connectivity index (χ0n) is 18.1. The first-order valence-electron chi connectivity index (χ1n) is 10.8. The van der Waals surface area contributed by atoms with Crippen molar-refractivity contribution in [3.63, 3.8) is 0 Å². The summed E-state index contributed by atoms with van der Waals surface area (Å²) in [6.45, 7) is 5.69. The van der Waals surface area contributed by atoms with E-state index in [-0.39, 0.29) is 29.6 Å². The van der Waals surface area contributed by atoms with Crippen LogP contribution < -0.4 is 15.3 Å². The monoisotopic (exact) mass is 417 g/mol. The van der Waals surface area contributed by atoms with Gasteiger partial charge in [-0.05, 0) is 57.6 Å². The number of amidine groups is 1. The van der Waals surface area contributed by atoms with Crippen LogP contribution in [-0.2, 0) is 9.59 Å². The van der Waals surface area contributed by atoms with Crippen LogP contribution in [0.2, 0.25) is 0 Å². The average Bonchev–Trinajstić information content (AvgIpc) is 3.08. The van der Waals surface area contributed by atoms with Crippen molar-refractivity contribution in [1.29, 1.82) is 0 Å². The fourth-order valence-electron chi connectivity index (χ4n) is 4.96. The van der Waals surface area contributed by atoms with E-state index in [0.29, 0.717) is 5.69 Å². The minimum atomic E-state index is -0.631. The molecule has 7 nitrogen and oxygen atoms in total. The number of nitrogens with zero attached hydrogens (tertiary/aromatic N) is 4. The highest BCUT2D eigenvalue weighted by atomic mass is 16.2. The van der Waals surface area contributed by atoms with Gasteiger partial charge in [-0.1, -0.05) is 35.9 Å². The number of benzene rings is 2. The second kappa shape index (κ2) is 7.50. The Morgan fingerprint density at radius 2 is 1.94 bits per heavy atom. The Morgan fingerprint density at radius 1 is 1.16 bits per heavy atom. The van der Waals surface area contributed by atoms with Crippen molar-refractivity contribution in [2.24, 2.45) is 4.99 Å². The van der Waals surface area contributed by atoms with Crippen molar-refractivity contribution in [2.75, 3.05) is 30.0 Å². The summed E-state index contributed by atoms with van der Waals surface area (Å²) >= 11 is 0. The molecule has 3 heterocycles. The van der Waals surface area contributed by atoms with Crippen molar-refractivity contribution in [3.8, 4) is 0 Å². The number of fused-ring (bicyclic) bond motifs is 3. The third kappa shape index (κ3) is 3.29. The third-order valence-electron chi connectivity index (χ3n) is 6.51. The fraction of sp³-hybridized carbons (Fsp3) is 0.375. The van der Waals surface area contributed by atoms with Crippen LogP contribution in [0.15, 0.2) is 53.5 Å². The van der Waals surface area contributed by atoms with Crippen LogP contribution in [0.3, 0.4) is 0 Å². The molecule has 2 amide bonds. The number of rotatable bonds is 2. The van der Waals surface area contributed by atoms with Gasteiger partial charge in [-0.25, -0.2) is 10.0 Å². The minimum Gasteiger partial charge on any atom is -0.306 e. The number of para-hydroxylation sites is 1. The van der Waals surface area contributed by atoms with E-state index in [1.807, 2.05) is 41.3 Å². The molecule has 0 saturated carbocycles.